The Morgan fingerprint density at radius 1 is 1.09 bits per heavy atom. The van der Waals surface area contributed by atoms with Gasteiger partial charge in [-0.2, -0.15) is 0 Å². The SMILES string of the molecule is CCCCOc1ccc(NC(=S)NC(=O)c2ccccc2)cc1. The minimum atomic E-state index is -0.234. The first-order valence-electron chi connectivity index (χ1n) is 7.59. The molecule has 0 spiro atoms. The fraction of sp³-hybridized carbons (Fsp3) is 0.222. The molecular weight excluding hydrogens is 308 g/mol. The zero-order valence-electron chi connectivity index (χ0n) is 13.0. The average Bonchev–Trinajstić information content (AvgIpc) is 2.57. The van der Waals surface area contributed by atoms with Gasteiger partial charge in [0.05, 0.1) is 6.61 Å². The van der Waals surface area contributed by atoms with Crippen molar-refractivity contribution < 1.29 is 9.53 Å². The number of thiocarbonyl (C=S) groups is 1. The maximum absolute atomic E-state index is 12.0. The Kier molecular flexibility index (Phi) is 6.56. The molecule has 23 heavy (non-hydrogen) atoms. The summed E-state index contributed by atoms with van der Waals surface area (Å²) in [5.41, 5.74) is 1.36. The molecule has 0 unspecified atom stereocenters. The molecule has 120 valence electrons. The lowest BCUT2D eigenvalue weighted by atomic mass is 10.2. The van der Waals surface area contributed by atoms with Crippen molar-refractivity contribution in [3.8, 4) is 5.75 Å². The summed E-state index contributed by atoms with van der Waals surface area (Å²) >= 11 is 5.16. The van der Waals surface area contributed by atoms with Crippen LogP contribution in [0.15, 0.2) is 54.6 Å². The van der Waals surface area contributed by atoms with Crippen LogP contribution in [0.4, 0.5) is 5.69 Å². The highest BCUT2D eigenvalue weighted by Crippen LogP contribution is 2.16. The summed E-state index contributed by atoms with van der Waals surface area (Å²) in [6, 6.07) is 16.4. The van der Waals surface area contributed by atoms with Gasteiger partial charge >= 0.3 is 0 Å². The molecule has 5 heteroatoms. The zero-order valence-corrected chi connectivity index (χ0v) is 13.9. The number of benzene rings is 2. The molecule has 0 fully saturated rings. The van der Waals surface area contributed by atoms with Gasteiger partial charge in [0.1, 0.15) is 5.75 Å². The third-order valence-corrected chi connectivity index (χ3v) is 3.35. The summed E-state index contributed by atoms with van der Waals surface area (Å²) < 4.78 is 5.60. The van der Waals surface area contributed by atoms with E-state index >= 15 is 0 Å². The van der Waals surface area contributed by atoms with Crippen molar-refractivity contribution >= 4 is 28.9 Å². The fourth-order valence-electron chi connectivity index (χ4n) is 1.90. The Bertz CT molecular complexity index is 642. The van der Waals surface area contributed by atoms with Crippen LogP contribution in [0.3, 0.4) is 0 Å². The standard InChI is InChI=1S/C18H20N2O2S/c1-2-3-13-22-16-11-9-15(10-12-16)19-18(23)20-17(21)14-7-5-4-6-8-14/h4-12H,2-3,13H2,1H3,(H2,19,20,21,23). The Morgan fingerprint density at radius 2 is 1.78 bits per heavy atom. The molecule has 2 N–H and O–H groups in total. The Morgan fingerprint density at radius 3 is 2.43 bits per heavy atom. The van der Waals surface area contributed by atoms with E-state index in [4.69, 9.17) is 17.0 Å². The van der Waals surface area contributed by atoms with Crippen LogP contribution in [-0.2, 0) is 0 Å². The number of anilines is 1. The topological polar surface area (TPSA) is 50.4 Å². The Hall–Kier alpha value is -2.40. The van der Waals surface area contributed by atoms with Gasteiger partial charge in [-0.05, 0) is 55.0 Å². The van der Waals surface area contributed by atoms with E-state index in [0.717, 1.165) is 30.9 Å². The van der Waals surface area contributed by atoms with Crippen LogP contribution in [0.1, 0.15) is 30.1 Å². The first-order valence-corrected chi connectivity index (χ1v) is 8.00. The van der Waals surface area contributed by atoms with Crippen molar-refractivity contribution in [3.05, 3.63) is 60.2 Å². The molecule has 0 saturated heterocycles. The molecule has 0 aliphatic carbocycles. The maximum Gasteiger partial charge on any atom is 0.257 e. The number of rotatable bonds is 6. The number of nitrogens with one attached hydrogen (secondary N) is 2. The van der Waals surface area contributed by atoms with Gasteiger partial charge in [-0.1, -0.05) is 31.5 Å². The third-order valence-electron chi connectivity index (χ3n) is 3.14. The van der Waals surface area contributed by atoms with Crippen LogP contribution in [0.25, 0.3) is 0 Å². The van der Waals surface area contributed by atoms with Crippen molar-refractivity contribution in [1.82, 2.24) is 5.32 Å². The van der Waals surface area contributed by atoms with Crippen molar-refractivity contribution in [3.63, 3.8) is 0 Å². The molecule has 0 bridgehead atoms. The molecule has 0 aliphatic heterocycles. The molecule has 0 radical (unpaired) electrons. The summed E-state index contributed by atoms with van der Waals surface area (Å²) in [5, 5.41) is 5.89. The largest absolute Gasteiger partial charge is 0.494 e. The third kappa shape index (κ3) is 5.71. The van der Waals surface area contributed by atoms with Crippen molar-refractivity contribution in [2.75, 3.05) is 11.9 Å². The average molecular weight is 328 g/mol. The number of unbranched alkanes of at least 4 members (excludes halogenated alkanes) is 1. The molecular formula is C18H20N2O2S. The van der Waals surface area contributed by atoms with Gasteiger partial charge < -0.3 is 10.1 Å². The van der Waals surface area contributed by atoms with Gasteiger partial charge in [0.15, 0.2) is 5.11 Å². The second-order valence-electron chi connectivity index (χ2n) is 5.00. The van der Waals surface area contributed by atoms with Gasteiger partial charge in [-0.15, -0.1) is 0 Å². The molecule has 0 aromatic heterocycles. The summed E-state index contributed by atoms with van der Waals surface area (Å²) in [5.74, 6) is 0.589. The lowest BCUT2D eigenvalue weighted by Gasteiger charge is -2.10. The molecule has 4 nitrogen and oxygen atoms in total. The van der Waals surface area contributed by atoms with Gasteiger partial charge in [0, 0.05) is 11.3 Å². The van der Waals surface area contributed by atoms with Crippen molar-refractivity contribution in [2.24, 2.45) is 0 Å². The highest BCUT2D eigenvalue weighted by molar-refractivity contribution is 7.80. The lowest BCUT2D eigenvalue weighted by Crippen LogP contribution is -2.34. The van der Waals surface area contributed by atoms with Gasteiger partial charge in [0.25, 0.3) is 5.91 Å². The Balaban J connectivity index is 1.84. The summed E-state index contributed by atoms with van der Waals surface area (Å²) in [6.07, 6.45) is 2.14. The number of hydrogen-bond donors (Lipinski definition) is 2. The van der Waals surface area contributed by atoms with E-state index in [0.29, 0.717) is 5.56 Å². The predicted octanol–water partition coefficient (Wildman–Crippen LogP) is 3.99. The smallest absolute Gasteiger partial charge is 0.257 e. The number of hydrogen-bond acceptors (Lipinski definition) is 3. The highest BCUT2D eigenvalue weighted by Gasteiger charge is 2.07. The van der Waals surface area contributed by atoms with Gasteiger partial charge in [-0.3, -0.25) is 10.1 Å². The molecule has 0 heterocycles. The van der Waals surface area contributed by atoms with Crippen LogP contribution >= 0.6 is 12.2 Å². The zero-order chi connectivity index (χ0) is 16.5. The second kappa shape index (κ2) is 8.90. The molecule has 2 aromatic carbocycles. The molecule has 0 aliphatic rings. The lowest BCUT2D eigenvalue weighted by molar-refractivity contribution is 0.0977. The molecule has 2 aromatic rings. The molecule has 0 saturated carbocycles. The summed E-state index contributed by atoms with van der Waals surface area (Å²) in [7, 11) is 0. The van der Waals surface area contributed by atoms with E-state index in [1.807, 2.05) is 42.5 Å². The number of ether oxygens (including phenoxy) is 1. The highest BCUT2D eigenvalue weighted by atomic mass is 32.1. The van der Waals surface area contributed by atoms with Crippen LogP contribution in [-0.4, -0.2) is 17.6 Å². The monoisotopic (exact) mass is 328 g/mol. The summed E-state index contributed by atoms with van der Waals surface area (Å²) in [6.45, 7) is 2.84. The van der Waals surface area contributed by atoms with Crippen LogP contribution < -0.4 is 15.4 Å². The van der Waals surface area contributed by atoms with E-state index in [9.17, 15) is 4.79 Å². The van der Waals surface area contributed by atoms with E-state index in [1.54, 1.807) is 12.1 Å². The normalized spacial score (nSPS) is 9.96. The number of carbonyl (C=O) groups is 1. The van der Waals surface area contributed by atoms with Gasteiger partial charge in [-0.25, -0.2) is 0 Å². The van der Waals surface area contributed by atoms with Crippen LogP contribution in [0, 0.1) is 0 Å². The fourth-order valence-corrected chi connectivity index (χ4v) is 2.11. The predicted molar refractivity (Wildman–Crippen MR) is 97.0 cm³/mol. The van der Waals surface area contributed by atoms with Crippen LogP contribution in [0.2, 0.25) is 0 Å². The second-order valence-corrected chi connectivity index (χ2v) is 5.41. The molecule has 2 rings (SSSR count). The Labute approximate surface area is 141 Å². The van der Waals surface area contributed by atoms with E-state index in [-0.39, 0.29) is 11.0 Å². The molecule has 0 atom stereocenters. The first kappa shape index (κ1) is 17.0. The van der Waals surface area contributed by atoms with E-state index in [2.05, 4.69) is 17.6 Å². The van der Waals surface area contributed by atoms with Crippen LogP contribution in [0.5, 0.6) is 5.75 Å². The van der Waals surface area contributed by atoms with Crippen molar-refractivity contribution in [2.45, 2.75) is 19.8 Å². The van der Waals surface area contributed by atoms with E-state index in [1.165, 1.54) is 0 Å². The maximum atomic E-state index is 12.0. The van der Waals surface area contributed by atoms with E-state index < -0.39 is 0 Å². The van der Waals surface area contributed by atoms with Gasteiger partial charge in [0.2, 0.25) is 0 Å². The van der Waals surface area contributed by atoms with Crippen molar-refractivity contribution in [1.29, 1.82) is 0 Å². The first-order chi connectivity index (χ1) is 11.2. The number of amides is 1. The quantitative estimate of drug-likeness (QED) is 0.622. The summed E-state index contributed by atoms with van der Waals surface area (Å²) in [4.78, 5) is 12.0. The number of carbonyl (C=O) groups excluding carboxylic acids is 1. The minimum absolute atomic E-state index is 0.234. The molecule has 1 amide bonds. The minimum Gasteiger partial charge on any atom is -0.494 e.